The first-order chi connectivity index (χ1) is 8.25. The van der Waals surface area contributed by atoms with E-state index in [1.165, 1.54) is 5.56 Å². The molecule has 2 aromatic rings. The fourth-order valence-corrected chi connectivity index (χ4v) is 1.61. The molecule has 0 unspecified atom stereocenters. The molecule has 0 aliphatic heterocycles. The predicted molar refractivity (Wildman–Crippen MR) is 69.0 cm³/mol. The van der Waals surface area contributed by atoms with Crippen molar-refractivity contribution in [3.63, 3.8) is 0 Å². The SMILES string of the molecule is Cc1ccc(OCCc2ccccc2)c(N)n1. The summed E-state index contributed by atoms with van der Waals surface area (Å²) in [6.07, 6.45) is 0.869. The van der Waals surface area contributed by atoms with Gasteiger partial charge in [-0.15, -0.1) is 0 Å². The van der Waals surface area contributed by atoms with Gasteiger partial charge >= 0.3 is 0 Å². The molecule has 0 saturated heterocycles. The van der Waals surface area contributed by atoms with Crippen molar-refractivity contribution < 1.29 is 4.74 Å². The minimum Gasteiger partial charge on any atom is -0.489 e. The lowest BCUT2D eigenvalue weighted by Gasteiger charge is -2.08. The summed E-state index contributed by atoms with van der Waals surface area (Å²) in [6, 6.07) is 14.0. The largest absolute Gasteiger partial charge is 0.489 e. The lowest BCUT2D eigenvalue weighted by Crippen LogP contribution is -2.04. The first-order valence-corrected chi connectivity index (χ1v) is 5.65. The smallest absolute Gasteiger partial charge is 0.166 e. The van der Waals surface area contributed by atoms with Gasteiger partial charge in [-0.05, 0) is 24.6 Å². The molecule has 0 aliphatic carbocycles. The Balaban J connectivity index is 1.90. The molecule has 2 N–H and O–H groups in total. The van der Waals surface area contributed by atoms with Crippen LogP contribution in [0.1, 0.15) is 11.3 Å². The average molecular weight is 228 g/mol. The summed E-state index contributed by atoms with van der Waals surface area (Å²) in [5.41, 5.74) is 7.92. The Kier molecular flexibility index (Phi) is 3.60. The van der Waals surface area contributed by atoms with E-state index in [1.54, 1.807) is 0 Å². The van der Waals surface area contributed by atoms with Crippen molar-refractivity contribution >= 4 is 5.82 Å². The van der Waals surface area contributed by atoms with Gasteiger partial charge in [-0.25, -0.2) is 4.98 Å². The molecule has 88 valence electrons. The normalized spacial score (nSPS) is 10.2. The molecule has 3 heteroatoms. The number of hydrogen-bond acceptors (Lipinski definition) is 3. The Labute approximate surface area is 101 Å². The van der Waals surface area contributed by atoms with Gasteiger partial charge in [0.15, 0.2) is 11.6 Å². The van der Waals surface area contributed by atoms with Gasteiger partial charge in [0.2, 0.25) is 0 Å². The van der Waals surface area contributed by atoms with E-state index in [0.717, 1.165) is 12.1 Å². The van der Waals surface area contributed by atoms with Crippen molar-refractivity contribution in [2.75, 3.05) is 12.3 Å². The second-order valence-electron chi connectivity index (χ2n) is 3.92. The molecule has 0 bridgehead atoms. The molecule has 0 radical (unpaired) electrons. The molecule has 0 saturated carbocycles. The molecular formula is C14H16N2O. The van der Waals surface area contributed by atoms with Crippen LogP contribution in [0.25, 0.3) is 0 Å². The highest BCUT2D eigenvalue weighted by molar-refractivity contribution is 5.46. The number of nitrogens with two attached hydrogens (primary N) is 1. The summed E-state index contributed by atoms with van der Waals surface area (Å²) in [7, 11) is 0. The maximum Gasteiger partial charge on any atom is 0.166 e. The molecule has 0 fully saturated rings. The van der Waals surface area contributed by atoms with Gasteiger partial charge < -0.3 is 10.5 Å². The zero-order valence-corrected chi connectivity index (χ0v) is 9.89. The van der Waals surface area contributed by atoms with Gasteiger partial charge in [-0.1, -0.05) is 30.3 Å². The van der Waals surface area contributed by atoms with Crippen LogP contribution in [0.4, 0.5) is 5.82 Å². The Morgan fingerprint density at radius 3 is 2.59 bits per heavy atom. The number of ether oxygens (including phenoxy) is 1. The van der Waals surface area contributed by atoms with Crippen molar-refractivity contribution in [1.82, 2.24) is 4.98 Å². The Morgan fingerprint density at radius 2 is 1.88 bits per heavy atom. The van der Waals surface area contributed by atoms with Gasteiger partial charge in [0.1, 0.15) is 0 Å². The Morgan fingerprint density at radius 1 is 1.12 bits per heavy atom. The van der Waals surface area contributed by atoms with Gasteiger partial charge in [0, 0.05) is 12.1 Å². The number of aryl methyl sites for hydroxylation is 1. The van der Waals surface area contributed by atoms with Crippen LogP contribution in [-0.4, -0.2) is 11.6 Å². The Hall–Kier alpha value is -2.03. The monoisotopic (exact) mass is 228 g/mol. The first kappa shape index (κ1) is 11.5. The van der Waals surface area contributed by atoms with E-state index in [-0.39, 0.29) is 0 Å². The zero-order valence-electron chi connectivity index (χ0n) is 9.89. The maximum absolute atomic E-state index is 5.76. The zero-order chi connectivity index (χ0) is 12.1. The van der Waals surface area contributed by atoms with E-state index in [9.17, 15) is 0 Å². The van der Waals surface area contributed by atoms with Crippen LogP contribution in [0.3, 0.4) is 0 Å². The van der Waals surface area contributed by atoms with E-state index >= 15 is 0 Å². The number of anilines is 1. The molecule has 1 aromatic carbocycles. The molecule has 1 heterocycles. The quantitative estimate of drug-likeness (QED) is 0.875. The minimum absolute atomic E-state index is 0.457. The number of nitrogen functional groups attached to an aromatic ring is 1. The van der Waals surface area contributed by atoms with Crippen molar-refractivity contribution in [2.45, 2.75) is 13.3 Å². The van der Waals surface area contributed by atoms with Crippen LogP contribution in [0.2, 0.25) is 0 Å². The fourth-order valence-electron chi connectivity index (χ4n) is 1.61. The summed E-state index contributed by atoms with van der Waals surface area (Å²) in [5.74, 6) is 1.12. The highest BCUT2D eigenvalue weighted by atomic mass is 16.5. The number of pyridine rings is 1. The molecule has 0 atom stereocenters. The molecule has 0 amide bonds. The van der Waals surface area contributed by atoms with Gasteiger partial charge in [0.25, 0.3) is 0 Å². The third-order valence-corrected chi connectivity index (χ3v) is 2.52. The number of rotatable bonds is 4. The summed E-state index contributed by atoms with van der Waals surface area (Å²) in [5, 5.41) is 0. The van der Waals surface area contributed by atoms with E-state index < -0.39 is 0 Å². The molecule has 0 aliphatic rings. The van der Waals surface area contributed by atoms with Crippen molar-refractivity contribution in [3.05, 3.63) is 53.7 Å². The van der Waals surface area contributed by atoms with Gasteiger partial charge in [-0.3, -0.25) is 0 Å². The first-order valence-electron chi connectivity index (χ1n) is 5.65. The highest BCUT2D eigenvalue weighted by Crippen LogP contribution is 2.18. The van der Waals surface area contributed by atoms with E-state index in [4.69, 9.17) is 10.5 Å². The van der Waals surface area contributed by atoms with Crippen LogP contribution in [0.15, 0.2) is 42.5 Å². The summed E-state index contributed by atoms with van der Waals surface area (Å²) in [6.45, 7) is 2.52. The van der Waals surface area contributed by atoms with E-state index in [0.29, 0.717) is 18.2 Å². The summed E-state index contributed by atoms with van der Waals surface area (Å²) >= 11 is 0. The van der Waals surface area contributed by atoms with Crippen LogP contribution in [-0.2, 0) is 6.42 Å². The highest BCUT2D eigenvalue weighted by Gasteiger charge is 2.01. The maximum atomic E-state index is 5.76. The molecule has 3 nitrogen and oxygen atoms in total. The summed E-state index contributed by atoms with van der Waals surface area (Å²) in [4.78, 5) is 4.15. The lowest BCUT2D eigenvalue weighted by atomic mass is 10.2. The number of hydrogen-bond donors (Lipinski definition) is 1. The molecule has 2 rings (SSSR count). The third kappa shape index (κ3) is 3.21. The van der Waals surface area contributed by atoms with Crippen LogP contribution in [0, 0.1) is 6.92 Å². The average Bonchev–Trinajstić information content (AvgIpc) is 2.33. The standard InChI is InChI=1S/C14H16N2O/c1-11-7-8-13(14(15)16-11)17-10-9-12-5-3-2-4-6-12/h2-8H,9-10H2,1H3,(H2,15,16). The van der Waals surface area contributed by atoms with Crippen LogP contribution in [0.5, 0.6) is 5.75 Å². The fraction of sp³-hybridized carbons (Fsp3) is 0.214. The van der Waals surface area contributed by atoms with Crippen LogP contribution < -0.4 is 10.5 Å². The van der Waals surface area contributed by atoms with Crippen molar-refractivity contribution in [2.24, 2.45) is 0 Å². The second-order valence-corrected chi connectivity index (χ2v) is 3.92. The number of aromatic nitrogens is 1. The van der Waals surface area contributed by atoms with Crippen molar-refractivity contribution in [1.29, 1.82) is 0 Å². The third-order valence-electron chi connectivity index (χ3n) is 2.52. The molecule has 0 spiro atoms. The molecule has 17 heavy (non-hydrogen) atoms. The second kappa shape index (κ2) is 5.34. The minimum atomic E-state index is 0.457. The van der Waals surface area contributed by atoms with E-state index in [1.807, 2.05) is 37.3 Å². The van der Waals surface area contributed by atoms with Crippen molar-refractivity contribution in [3.8, 4) is 5.75 Å². The number of nitrogens with zero attached hydrogens (tertiary/aromatic N) is 1. The van der Waals surface area contributed by atoms with Gasteiger partial charge in [0.05, 0.1) is 6.61 Å². The molecular weight excluding hydrogens is 212 g/mol. The lowest BCUT2D eigenvalue weighted by molar-refractivity contribution is 0.322. The van der Waals surface area contributed by atoms with E-state index in [2.05, 4.69) is 17.1 Å². The molecule has 1 aromatic heterocycles. The predicted octanol–water partition coefficient (Wildman–Crippen LogP) is 2.59. The van der Waals surface area contributed by atoms with Gasteiger partial charge in [-0.2, -0.15) is 0 Å². The Bertz CT molecular complexity index is 483. The topological polar surface area (TPSA) is 48.1 Å². The summed E-state index contributed by atoms with van der Waals surface area (Å²) < 4.78 is 5.61. The number of benzene rings is 1. The van der Waals surface area contributed by atoms with Crippen LogP contribution >= 0.6 is 0 Å².